The van der Waals surface area contributed by atoms with Gasteiger partial charge in [0.15, 0.2) is 6.29 Å². The number of aliphatic hydroxyl groups is 4. The van der Waals surface area contributed by atoms with Gasteiger partial charge in [0, 0.05) is 0 Å². The van der Waals surface area contributed by atoms with Crippen molar-refractivity contribution in [2.24, 2.45) is 0 Å². The van der Waals surface area contributed by atoms with E-state index in [-0.39, 0.29) is 6.61 Å². The number of ether oxygens (including phenoxy) is 1. The largest absolute Gasteiger partial charge is 0.388 e. The lowest BCUT2D eigenvalue weighted by molar-refractivity contribution is -0.295. The predicted molar refractivity (Wildman–Crippen MR) is 34.6 cm³/mol. The molecule has 1 rings (SSSR count). The van der Waals surface area contributed by atoms with Gasteiger partial charge in [-0.3, -0.25) is 0 Å². The summed E-state index contributed by atoms with van der Waals surface area (Å²) in [4.78, 5) is 0. The normalized spacial score (nSPS) is 52.6. The van der Waals surface area contributed by atoms with Crippen LogP contribution in [0.5, 0.6) is 0 Å². The molecule has 0 aliphatic carbocycles. The maximum Gasteiger partial charge on any atom is 0.186 e. The third-order valence-electron chi connectivity index (χ3n) is 1.89. The second kappa shape index (κ2) is 2.69. The van der Waals surface area contributed by atoms with Crippen LogP contribution in [0.3, 0.4) is 0 Å². The van der Waals surface area contributed by atoms with E-state index in [9.17, 15) is 5.11 Å². The molecule has 4 atom stereocenters. The zero-order chi connectivity index (χ0) is 8.65. The van der Waals surface area contributed by atoms with Gasteiger partial charge < -0.3 is 25.2 Å². The molecule has 4 N–H and O–H groups in total. The molecule has 1 fully saturated rings. The molecule has 5 heteroatoms. The SMILES string of the molecule is C[C@@]1(O)C(O)OC[C@H](O)[C@@H]1O. The average molecular weight is 164 g/mol. The van der Waals surface area contributed by atoms with Gasteiger partial charge in [-0.05, 0) is 6.92 Å². The summed E-state index contributed by atoms with van der Waals surface area (Å²) in [7, 11) is 0. The van der Waals surface area contributed by atoms with Crippen molar-refractivity contribution < 1.29 is 25.2 Å². The van der Waals surface area contributed by atoms with E-state index < -0.39 is 24.1 Å². The molecule has 11 heavy (non-hydrogen) atoms. The second-order valence-corrected chi connectivity index (χ2v) is 2.92. The standard InChI is InChI=1S/C6H12O5/c1-6(10)4(8)3(7)2-11-5(6)9/h3-5,7-10H,2H2,1H3/t3-,4-,5?,6-/m0/s1. The van der Waals surface area contributed by atoms with Crippen LogP contribution in [0.2, 0.25) is 0 Å². The topological polar surface area (TPSA) is 90.2 Å². The summed E-state index contributed by atoms with van der Waals surface area (Å²) >= 11 is 0. The number of hydrogen-bond donors (Lipinski definition) is 4. The van der Waals surface area contributed by atoms with Gasteiger partial charge in [-0.25, -0.2) is 0 Å². The molecule has 0 aromatic rings. The Morgan fingerprint density at radius 2 is 1.91 bits per heavy atom. The molecule has 1 saturated heterocycles. The molecule has 1 aliphatic rings. The first-order chi connectivity index (χ1) is 4.96. The first-order valence-electron chi connectivity index (χ1n) is 3.34. The minimum Gasteiger partial charge on any atom is -0.388 e. The maximum absolute atomic E-state index is 9.30. The molecule has 0 amide bonds. The zero-order valence-electron chi connectivity index (χ0n) is 6.14. The van der Waals surface area contributed by atoms with Gasteiger partial charge in [-0.1, -0.05) is 0 Å². The van der Waals surface area contributed by atoms with E-state index in [1.807, 2.05) is 0 Å². The Morgan fingerprint density at radius 1 is 1.36 bits per heavy atom. The van der Waals surface area contributed by atoms with Gasteiger partial charge in [0.05, 0.1) is 6.61 Å². The molecular formula is C6H12O5. The van der Waals surface area contributed by atoms with Crippen LogP contribution in [0.15, 0.2) is 0 Å². The van der Waals surface area contributed by atoms with E-state index in [1.165, 1.54) is 6.92 Å². The Kier molecular flexibility index (Phi) is 2.17. The van der Waals surface area contributed by atoms with Crippen LogP contribution in [-0.4, -0.2) is 51.1 Å². The van der Waals surface area contributed by atoms with Crippen molar-refractivity contribution in [3.05, 3.63) is 0 Å². The highest BCUT2D eigenvalue weighted by Gasteiger charge is 2.46. The maximum atomic E-state index is 9.30. The molecule has 5 nitrogen and oxygen atoms in total. The smallest absolute Gasteiger partial charge is 0.186 e. The van der Waals surface area contributed by atoms with Crippen molar-refractivity contribution in [1.82, 2.24) is 0 Å². The molecule has 0 aromatic carbocycles. The fourth-order valence-corrected chi connectivity index (χ4v) is 0.985. The molecule has 0 saturated carbocycles. The molecule has 0 radical (unpaired) electrons. The molecule has 1 heterocycles. The quantitative estimate of drug-likeness (QED) is 0.326. The Balaban J connectivity index is 2.72. The van der Waals surface area contributed by atoms with E-state index in [1.54, 1.807) is 0 Å². The van der Waals surface area contributed by atoms with Gasteiger partial charge in [-0.2, -0.15) is 0 Å². The molecule has 1 unspecified atom stereocenters. The van der Waals surface area contributed by atoms with E-state index in [2.05, 4.69) is 4.74 Å². The second-order valence-electron chi connectivity index (χ2n) is 2.92. The summed E-state index contributed by atoms with van der Waals surface area (Å²) in [5, 5.41) is 36.4. The summed E-state index contributed by atoms with van der Waals surface area (Å²) in [6.45, 7) is 1.03. The minimum atomic E-state index is -1.79. The van der Waals surface area contributed by atoms with Crippen LogP contribution < -0.4 is 0 Å². The summed E-state index contributed by atoms with van der Waals surface area (Å²) in [6, 6.07) is 0. The molecule has 1 aliphatic heterocycles. The fraction of sp³-hybridized carbons (Fsp3) is 1.00. The van der Waals surface area contributed by atoms with E-state index in [4.69, 9.17) is 15.3 Å². The van der Waals surface area contributed by atoms with Crippen molar-refractivity contribution in [1.29, 1.82) is 0 Å². The predicted octanol–water partition coefficient (Wildman–Crippen LogP) is -2.19. The van der Waals surface area contributed by atoms with Gasteiger partial charge in [0.1, 0.15) is 17.8 Å². The third kappa shape index (κ3) is 1.38. The monoisotopic (exact) mass is 164 g/mol. The minimum absolute atomic E-state index is 0.168. The number of hydrogen-bond acceptors (Lipinski definition) is 5. The number of aliphatic hydroxyl groups excluding tert-OH is 3. The van der Waals surface area contributed by atoms with Crippen molar-refractivity contribution in [3.8, 4) is 0 Å². The van der Waals surface area contributed by atoms with Gasteiger partial charge in [-0.15, -0.1) is 0 Å². The Labute approximate surface area is 63.8 Å². The van der Waals surface area contributed by atoms with Crippen molar-refractivity contribution in [2.75, 3.05) is 6.61 Å². The lowest BCUT2D eigenvalue weighted by atomic mass is 9.92. The van der Waals surface area contributed by atoms with E-state index >= 15 is 0 Å². The summed E-state index contributed by atoms with van der Waals surface area (Å²) in [5.74, 6) is 0. The Bertz CT molecular complexity index is 146. The van der Waals surface area contributed by atoms with Crippen LogP contribution in [0.4, 0.5) is 0 Å². The molecule has 0 aromatic heterocycles. The lowest BCUT2D eigenvalue weighted by Crippen LogP contribution is -2.61. The average Bonchev–Trinajstić information content (AvgIpc) is 1.95. The van der Waals surface area contributed by atoms with Crippen LogP contribution in [0.1, 0.15) is 6.92 Å². The van der Waals surface area contributed by atoms with E-state index in [0.29, 0.717) is 0 Å². The first kappa shape index (κ1) is 8.89. The van der Waals surface area contributed by atoms with Crippen LogP contribution in [0, 0.1) is 0 Å². The third-order valence-corrected chi connectivity index (χ3v) is 1.89. The van der Waals surface area contributed by atoms with Crippen LogP contribution >= 0.6 is 0 Å². The van der Waals surface area contributed by atoms with Gasteiger partial charge >= 0.3 is 0 Å². The first-order valence-corrected chi connectivity index (χ1v) is 3.34. The molecule has 0 bridgehead atoms. The van der Waals surface area contributed by atoms with Crippen LogP contribution in [0.25, 0.3) is 0 Å². The highest BCUT2D eigenvalue weighted by atomic mass is 16.6. The highest BCUT2D eigenvalue weighted by molar-refractivity contribution is 4.92. The van der Waals surface area contributed by atoms with Gasteiger partial charge in [0.2, 0.25) is 0 Å². The Morgan fingerprint density at radius 3 is 2.36 bits per heavy atom. The summed E-state index contributed by atoms with van der Waals surface area (Å²) < 4.78 is 4.57. The van der Waals surface area contributed by atoms with Crippen LogP contribution in [-0.2, 0) is 4.74 Å². The molecular weight excluding hydrogens is 152 g/mol. The number of rotatable bonds is 0. The van der Waals surface area contributed by atoms with Crippen molar-refractivity contribution >= 4 is 0 Å². The zero-order valence-corrected chi connectivity index (χ0v) is 6.14. The summed E-state index contributed by atoms with van der Waals surface area (Å²) in [5.41, 5.74) is -1.79. The van der Waals surface area contributed by atoms with E-state index in [0.717, 1.165) is 0 Å². The lowest BCUT2D eigenvalue weighted by Gasteiger charge is -2.40. The highest BCUT2D eigenvalue weighted by Crippen LogP contribution is 2.23. The Hall–Kier alpha value is -0.200. The molecule has 0 spiro atoms. The van der Waals surface area contributed by atoms with Gasteiger partial charge in [0.25, 0.3) is 0 Å². The molecule has 66 valence electrons. The van der Waals surface area contributed by atoms with Crippen molar-refractivity contribution in [2.45, 2.75) is 31.0 Å². The van der Waals surface area contributed by atoms with Crippen molar-refractivity contribution in [3.63, 3.8) is 0 Å². The summed E-state index contributed by atoms with van der Waals surface area (Å²) in [6.07, 6.45) is -3.96. The fourth-order valence-electron chi connectivity index (χ4n) is 0.985.